The van der Waals surface area contributed by atoms with Gasteiger partial charge in [-0.3, -0.25) is 4.98 Å². The van der Waals surface area contributed by atoms with Crippen molar-refractivity contribution in [3.8, 4) is 5.75 Å². The third kappa shape index (κ3) is 3.03. The minimum absolute atomic E-state index is 0.549. The molecule has 3 aromatic rings. The molecule has 0 spiro atoms. The number of nitrogens with zero attached hydrogens (tertiary/aromatic N) is 1. The second-order valence-corrected chi connectivity index (χ2v) is 4.92. The van der Waals surface area contributed by atoms with E-state index in [1.165, 1.54) is 11.1 Å². The zero-order chi connectivity index (χ0) is 14.5. The summed E-state index contributed by atoms with van der Waals surface area (Å²) in [5, 5.41) is 4.28. The number of hydrogen-bond acceptors (Lipinski definition) is 3. The molecule has 0 radical (unpaired) electrons. The van der Waals surface area contributed by atoms with Gasteiger partial charge in [0.25, 0.3) is 0 Å². The van der Waals surface area contributed by atoms with Crippen molar-refractivity contribution in [2.45, 2.75) is 13.2 Å². The molecule has 0 amide bonds. The summed E-state index contributed by atoms with van der Waals surface area (Å²) in [5.41, 5.74) is 3.36. The summed E-state index contributed by atoms with van der Waals surface area (Å²) < 4.78 is 6.00. The van der Waals surface area contributed by atoms with E-state index in [2.05, 4.69) is 28.5 Å². The number of para-hydroxylation sites is 1. The zero-order valence-corrected chi connectivity index (χ0v) is 12.0. The lowest BCUT2D eigenvalue weighted by Gasteiger charge is -2.12. The maximum Gasteiger partial charge on any atom is 0.146 e. The maximum absolute atomic E-state index is 6.00. The van der Waals surface area contributed by atoms with Crippen LogP contribution in [-0.4, -0.2) is 12.0 Å². The van der Waals surface area contributed by atoms with Gasteiger partial charge in [-0.1, -0.05) is 42.5 Å². The molecule has 0 aliphatic heterocycles. The van der Waals surface area contributed by atoms with Crippen LogP contribution < -0.4 is 10.1 Å². The lowest BCUT2D eigenvalue weighted by Crippen LogP contribution is -2.09. The number of hydrogen-bond donors (Lipinski definition) is 1. The summed E-state index contributed by atoms with van der Waals surface area (Å²) in [6.45, 7) is 1.39. The summed E-state index contributed by atoms with van der Waals surface area (Å²) in [5.74, 6) is 0.826. The Balaban J connectivity index is 1.84. The number of nitrogens with one attached hydrogen (secondary N) is 1. The minimum atomic E-state index is 0.549. The Morgan fingerprint density at radius 2 is 1.76 bits per heavy atom. The second-order valence-electron chi connectivity index (χ2n) is 4.92. The number of pyridine rings is 1. The molecule has 3 rings (SSSR count). The first-order valence-electron chi connectivity index (χ1n) is 7.06. The van der Waals surface area contributed by atoms with E-state index in [1.807, 2.05) is 43.4 Å². The fourth-order valence-electron chi connectivity index (χ4n) is 2.41. The van der Waals surface area contributed by atoms with Gasteiger partial charge in [0.15, 0.2) is 0 Å². The highest BCUT2D eigenvalue weighted by Crippen LogP contribution is 2.24. The molecule has 0 saturated carbocycles. The van der Waals surface area contributed by atoms with Crippen LogP contribution >= 0.6 is 0 Å². The molecule has 2 aromatic carbocycles. The Morgan fingerprint density at radius 3 is 2.62 bits per heavy atom. The van der Waals surface area contributed by atoms with Gasteiger partial charge >= 0.3 is 0 Å². The van der Waals surface area contributed by atoms with E-state index >= 15 is 0 Å². The fraction of sp³-hybridized carbons (Fsp3) is 0.167. The van der Waals surface area contributed by atoms with E-state index in [9.17, 15) is 0 Å². The van der Waals surface area contributed by atoms with Crippen LogP contribution in [0, 0.1) is 0 Å². The van der Waals surface area contributed by atoms with Crippen LogP contribution in [-0.2, 0) is 13.2 Å². The maximum atomic E-state index is 6.00. The van der Waals surface area contributed by atoms with Crippen LogP contribution in [0.15, 0.2) is 60.8 Å². The van der Waals surface area contributed by atoms with Crippen molar-refractivity contribution in [1.29, 1.82) is 0 Å². The molecule has 0 saturated heterocycles. The SMILES string of the molecule is CNCc1ccccc1COc1cccc2cccnc12. The predicted octanol–water partition coefficient (Wildman–Crippen LogP) is 3.53. The average Bonchev–Trinajstić information content (AvgIpc) is 2.54. The molecular weight excluding hydrogens is 260 g/mol. The van der Waals surface area contributed by atoms with E-state index in [0.717, 1.165) is 23.2 Å². The summed E-state index contributed by atoms with van der Waals surface area (Å²) >= 11 is 0. The van der Waals surface area contributed by atoms with Gasteiger partial charge in [0.2, 0.25) is 0 Å². The molecule has 1 N–H and O–H groups in total. The Labute approximate surface area is 124 Å². The third-order valence-electron chi connectivity index (χ3n) is 3.46. The van der Waals surface area contributed by atoms with Gasteiger partial charge in [-0.15, -0.1) is 0 Å². The van der Waals surface area contributed by atoms with E-state index < -0.39 is 0 Å². The number of aromatic nitrogens is 1. The zero-order valence-electron chi connectivity index (χ0n) is 12.0. The molecule has 0 aliphatic carbocycles. The first-order chi connectivity index (χ1) is 10.4. The monoisotopic (exact) mass is 278 g/mol. The van der Waals surface area contributed by atoms with Crippen molar-refractivity contribution in [2.75, 3.05) is 7.05 Å². The Kier molecular flexibility index (Phi) is 4.12. The number of benzene rings is 2. The van der Waals surface area contributed by atoms with Gasteiger partial charge in [-0.05, 0) is 30.3 Å². The van der Waals surface area contributed by atoms with Crippen LogP contribution in [0.5, 0.6) is 5.75 Å². The molecule has 0 atom stereocenters. The van der Waals surface area contributed by atoms with Crippen molar-refractivity contribution in [3.05, 3.63) is 71.9 Å². The molecule has 0 aliphatic rings. The van der Waals surface area contributed by atoms with Crippen LogP contribution in [0.4, 0.5) is 0 Å². The molecule has 0 fully saturated rings. The molecular formula is C18H18N2O. The summed E-state index contributed by atoms with van der Waals surface area (Å²) in [6.07, 6.45) is 1.80. The lowest BCUT2D eigenvalue weighted by atomic mass is 10.1. The Bertz CT molecular complexity index is 735. The summed E-state index contributed by atoms with van der Waals surface area (Å²) in [4.78, 5) is 4.41. The highest BCUT2D eigenvalue weighted by atomic mass is 16.5. The molecule has 21 heavy (non-hydrogen) atoms. The second kappa shape index (κ2) is 6.37. The Hall–Kier alpha value is -2.39. The van der Waals surface area contributed by atoms with Crippen molar-refractivity contribution in [3.63, 3.8) is 0 Å². The minimum Gasteiger partial charge on any atom is -0.487 e. The standard InChI is InChI=1S/C18H18N2O/c1-19-12-15-6-2-3-7-16(15)13-21-17-10-4-8-14-9-5-11-20-18(14)17/h2-11,19H,12-13H2,1H3. The van der Waals surface area contributed by atoms with E-state index in [-0.39, 0.29) is 0 Å². The van der Waals surface area contributed by atoms with Crippen LogP contribution in [0.25, 0.3) is 10.9 Å². The first-order valence-corrected chi connectivity index (χ1v) is 7.06. The number of ether oxygens (including phenoxy) is 1. The van der Waals surface area contributed by atoms with Gasteiger partial charge in [0, 0.05) is 18.1 Å². The largest absolute Gasteiger partial charge is 0.487 e. The van der Waals surface area contributed by atoms with Gasteiger partial charge in [0.1, 0.15) is 17.9 Å². The predicted molar refractivity (Wildman–Crippen MR) is 85.3 cm³/mol. The highest BCUT2D eigenvalue weighted by molar-refractivity contribution is 5.84. The number of rotatable bonds is 5. The van der Waals surface area contributed by atoms with Gasteiger partial charge in [0.05, 0.1) is 0 Å². The third-order valence-corrected chi connectivity index (χ3v) is 3.46. The van der Waals surface area contributed by atoms with Crippen LogP contribution in [0.2, 0.25) is 0 Å². The Morgan fingerprint density at radius 1 is 0.952 bits per heavy atom. The van der Waals surface area contributed by atoms with Crippen LogP contribution in [0.1, 0.15) is 11.1 Å². The van der Waals surface area contributed by atoms with Crippen molar-refractivity contribution in [2.24, 2.45) is 0 Å². The first kappa shape index (κ1) is 13.6. The van der Waals surface area contributed by atoms with E-state index in [1.54, 1.807) is 6.20 Å². The van der Waals surface area contributed by atoms with Gasteiger partial charge < -0.3 is 10.1 Å². The molecule has 106 valence electrons. The van der Waals surface area contributed by atoms with Crippen molar-refractivity contribution < 1.29 is 4.74 Å². The number of fused-ring (bicyclic) bond motifs is 1. The van der Waals surface area contributed by atoms with Crippen molar-refractivity contribution >= 4 is 10.9 Å². The molecule has 3 heteroatoms. The van der Waals surface area contributed by atoms with Gasteiger partial charge in [-0.25, -0.2) is 0 Å². The smallest absolute Gasteiger partial charge is 0.146 e. The fourth-order valence-corrected chi connectivity index (χ4v) is 2.41. The molecule has 0 unspecified atom stereocenters. The summed E-state index contributed by atoms with van der Waals surface area (Å²) in [6, 6.07) is 18.3. The highest BCUT2D eigenvalue weighted by Gasteiger charge is 2.05. The molecule has 1 heterocycles. The quantitative estimate of drug-likeness (QED) is 0.775. The molecule has 1 aromatic heterocycles. The molecule has 0 bridgehead atoms. The summed E-state index contributed by atoms with van der Waals surface area (Å²) in [7, 11) is 1.95. The van der Waals surface area contributed by atoms with Crippen molar-refractivity contribution in [1.82, 2.24) is 10.3 Å². The normalized spacial score (nSPS) is 10.7. The molecule has 3 nitrogen and oxygen atoms in total. The lowest BCUT2D eigenvalue weighted by molar-refractivity contribution is 0.308. The van der Waals surface area contributed by atoms with E-state index in [0.29, 0.717) is 6.61 Å². The average molecular weight is 278 g/mol. The van der Waals surface area contributed by atoms with E-state index in [4.69, 9.17) is 4.74 Å². The van der Waals surface area contributed by atoms with Crippen LogP contribution in [0.3, 0.4) is 0 Å². The van der Waals surface area contributed by atoms with Gasteiger partial charge in [-0.2, -0.15) is 0 Å². The topological polar surface area (TPSA) is 34.1 Å².